The number of thioether (sulfide) groups is 1. The van der Waals surface area contributed by atoms with Crippen LogP contribution in [0.2, 0.25) is 0 Å². The van der Waals surface area contributed by atoms with Crippen molar-refractivity contribution in [3.63, 3.8) is 0 Å². The topological polar surface area (TPSA) is 80.6 Å². The fourth-order valence-corrected chi connectivity index (χ4v) is 3.36. The molecule has 1 atom stereocenters. The third-order valence-corrected chi connectivity index (χ3v) is 5.36. The van der Waals surface area contributed by atoms with Crippen LogP contribution < -0.4 is 15.4 Å². The number of amides is 2. The van der Waals surface area contributed by atoms with Crippen LogP contribution in [-0.2, 0) is 10.5 Å². The minimum absolute atomic E-state index is 0.104. The number of rotatable bonds is 8. The molecule has 1 unspecified atom stereocenters. The first-order chi connectivity index (χ1) is 14.1. The first-order valence-corrected chi connectivity index (χ1v) is 10.1. The first-order valence-electron chi connectivity index (χ1n) is 9.06. The van der Waals surface area contributed by atoms with Gasteiger partial charge in [0.15, 0.2) is 0 Å². The van der Waals surface area contributed by atoms with Gasteiger partial charge in [-0.25, -0.2) is 0 Å². The van der Waals surface area contributed by atoms with Gasteiger partial charge in [0.25, 0.3) is 5.91 Å². The number of hydrogen-bond donors (Lipinski definition) is 2. The lowest BCUT2D eigenvalue weighted by Gasteiger charge is -2.12. The molecule has 3 aromatic rings. The molecule has 6 nitrogen and oxygen atoms in total. The summed E-state index contributed by atoms with van der Waals surface area (Å²) in [4.78, 5) is 24.8. The maximum Gasteiger partial charge on any atom is 0.255 e. The Balaban J connectivity index is 1.55. The molecule has 29 heavy (non-hydrogen) atoms. The van der Waals surface area contributed by atoms with Crippen LogP contribution in [0.1, 0.15) is 23.0 Å². The van der Waals surface area contributed by atoms with Crippen LogP contribution in [0, 0.1) is 0 Å². The highest BCUT2D eigenvalue weighted by atomic mass is 32.2. The highest BCUT2D eigenvalue weighted by molar-refractivity contribution is 7.99. The molecule has 0 saturated carbocycles. The SMILES string of the molecule is COc1ccccc1NC(=O)c1ccc(NC(=O)C(C)SCc2ccco2)cc1. The Morgan fingerprint density at radius 2 is 1.79 bits per heavy atom. The lowest BCUT2D eigenvalue weighted by molar-refractivity contribution is -0.115. The van der Waals surface area contributed by atoms with Crippen molar-refractivity contribution in [2.24, 2.45) is 0 Å². The number of furan rings is 1. The van der Waals surface area contributed by atoms with Gasteiger partial charge in [0.1, 0.15) is 11.5 Å². The van der Waals surface area contributed by atoms with Gasteiger partial charge in [-0.2, -0.15) is 0 Å². The fraction of sp³-hybridized carbons (Fsp3) is 0.182. The van der Waals surface area contributed by atoms with Crippen LogP contribution in [0.3, 0.4) is 0 Å². The molecule has 2 N–H and O–H groups in total. The van der Waals surface area contributed by atoms with Crippen LogP contribution in [0.15, 0.2) is 71.3 Å². The zero-order chi connectivity index (χ0) is 20.6. The summed E-state index contributed by atoms with van der Waals surface area (Å²) >= 11 is 1.49. The number of para-hydroxylation sites is 2. The summed E-state index contributed by atoms with van der Waals surface area (Å²) < 4.78 is 10.5. The van der Waals surface area contributed by atoms with Gasteiger partial charge in [-0.3, -0.25) is 9.59 Å². The number of carbonyl (C=O) groups excluding carboxylic acids is 2. The Morgan fingerprint density at radius 3 is 2.48 bits per heavy atom. The second-order valence-electron chi connectivity index (χ2n) is 6.25. The van der Waals surface area contributed by atoms with Crippen LogP contribution in [-0.4, -0.2) is 24.2 Å². The Bertz CT molecular complexity index is 955. The number of nitrogens with one attached hydrogen (secondary N) is 2. The smallest absolute Gasteiger partial charge is 0.255 e. The highest BCUT2D eigenvalue weighted by Crippen LogP contribution is 2.24. The summed E-state index contributed by atoms with van der Waals surface area (Å²) in [7, 11) is 1.55. The summed E-state index contributed by atoms with van der Waals surface area (Å²) in [6.45, 7) is 1.85. The molecule has 2 amide bonds. The minimum Gasteiger partial charge on any atom is -0.495 e. The normalized spacial score (nSPS) is 11.5. The van der Waals surface area contributed by atoms with Crippen molar-refractivity contribution in [3.05, 3.63) is 78.3 Å². The zero-order valence-corrected chi connectivity index (χ0v) is 17.0. The molecule has 0 aliphatic heterocycles. The van der Waals surface area contributed by atoms with E-state index >= 15 is 0 Å². The van der Waals surface area contributed by atoms with E-state index in [-0.39, 0.29) is 17.1 Å². The highest BCUT2D eigenvalue weighted by Gasteiger charge is 2.15. The first kappa shape index (κ1) is 20.5. The predicted molar refractivity (Wildman–Crippen MR) is 115 cm³/mol. The maximum atomic E-state index is 12.5. The summed E-state index contributed by atoms with van der Waals surface area (Å²) in [5, 5.41) is 5.44. The second-order valence-corrected chi connectivity index (χ2v) is 7.58. The van der Waals surface area contributed by atoms with Crippen LogP contribution in [0.25, 0.3) is 0 Å². The van der Waals surface area contributed by atoms with Crippen LogP contribution in [0.5, 0.6) is 5.75 Å². The largest absolute Gasteiger partial charge is 0.495 e. The van der Waals surface area contributed by atoms with Crippen molar-refractivity contribution in [2.45, 2.75) is 17.9 Å². The molecular formula is C22H22N2O4S. The van der Waals surface area contributed by atoms with E-state index in [1.807, 2.05) is 31.2 Å². The lowest BCUT2D eigenvalue weighted by atomic mass is 10.2. The average Bonchev–Trinajstić information content (AvgIpc) is 3.26. The molecule has 3 rings (SSSR count). The molecule has 0 radical (unpaired) electrons. The lowest BCUT2D eigenvalue weighted by Crippen LogP contribution is -2.22. The standard InChI is InChI=1S/C22H22N2O4S/c1-15(29-14-18-6-5-13-28-18)21(25)23-17-11-9-16(10-12-17)22(26)24-19-7-3-4-8-20(19)27-2/h3-13,15H,14H2,1-2H3,(H,23,25)(H,24,26). The van der Waals surface area contributed by atoms with Crippen LogP contribution in [0.4, 0.5) is 11.4 Å². The van der Waals surface area contributed by atoms with E-state index in [0.29, 0.717) is 28.4 Å². The van der Waals surface area contributed by atoms with E-state index in [2.05, 4.69) is 10.6 Å². The number of hydrogen-bond acceptors (Lipinski definition) is 5. The van der Waals surface area contributed by atoms with Crippen molar-refractivity contribution in [2.75, 3.05) is 17.7 Å². The van der Waals surface area contributed by atoms with Gasteiger partial charge in [-0.1, -0.05) is 12.1 Å². The molecule has 1 aromatic heterocycles. The van der Waals surface area contributed by atoms with E-state index in [9.17, 15) is 9.59 Å². The number of carbonyl (C=O) groups is 2. The summed E-state index contributed by atoms with van der Waals surface area (Å²) in [5.41, 5.74) is 1.71. The van der Waals surface area contributed by atoms with E-state index in [1.165, 1.54) is 11.8 Å². The Kier molecular flexibility index (Phi) is 6.97. The third kappa shape index (κ3) is 5.65. The van der Waals surface area contributed by atoms with Crippen molar-refractivity contribution in [1.82, 2.24) is 0 Å². The van der Waals surface area contributed by atoms with Crippen molar-refractivity contribution in [3.8, 4) is 5.75 Å². The van der Waals surface area contributed by atoms with Gasteiger partial charge < -0.3 is 19.8 Å². The molecule has 0 aliphatic rings. The number of ether oxygens (including phenoxy) is 1. The molecular weight excluding hydrogens is 388 g/mol. The molecule has 2 aromatic carbocycles. The summed E-state index contributed by atoms with van der Waals surface area (Å²) in [6.07, 6.45) is 1.62. The number of benzene rings is 2. The summed E-state index contributed by atoms with van der Waals surface area (Å²) in [6, 6.07) is 17.7. The second kappa shape index (κ2) is 9.84. The van der Waals surface area contributed by atoms with E-state index in [4.69, 9.17) is 9.15 Å². The molecule has 0 saturated heterocycles. The molecule has 7 heteroatoms. The summed E-state index contributed by atoms with van der Waals surface area (Å²) in [5.74, 6) is 1.69. The monoisotopic (exact) mass is 410 g/mol. The maximum absolute atomic E-state index is 12.5. The molecule has 0 spiro atoms. The Hall–Kier alpha value is -3.19. The quantitative estimate of drug-likeness (QED) is 0.557. The van der Waals surface area contributed by atoms with Crippen molar-refractivity contribution < 1.29 is 18.7 Å². The fourth-order valence-electron chi connectivity index (χ4n) is 2.57. The van der Waals surface area contributed by atoms with E-state index in [0.717, 1.165) is 5.76 Å². The molecule has 0 fully saturated rings. The number of methoxy groups -OCH3 is 1. The van der Waals surface area contributed by atoms with Crippen molar-refractivity contribution in [1.29, 1.82) is 0 Å². The molecule has 0 aliphatic carbocycles. The average molecular weight is 410 g/mol. The molecule has 0 bridgehead atoms. The van der Waals surface area contributed by atoms with Gasteiger partial charge in [0, 0.05) is 11.3 Å². The van der Waals surface area contributed by atoms with E-state index < -0.39 is 0 Å². The molecule has 150 valence electrons. The predicted octanol–water partition coefficient (Wildman–Crippen LogP) is 4.80. The Labute approximate surface area is 173 Å². The third-order valence-electron chi connectivity index (χ3n) is 4.19. The van der Waals surface area contributed by atoms with Gasteiger partial charge >= 0.3 is 0 Å². The van der Waals surface area contributed by atoms with Crippen LogP contribution >= 0.6 is 11.8 Å². The van der Waals surface area contributed by atoms with Gasteiger partial charge in [-0.05, 0) is 55.5 Å². The number of anilines is 2. The zero-order valence-electron chi connectivity index (χ0n) is 16.2. The Morgan fingerprint density at radius 1 is 1.03 bits per heavy atom. The van der Waals surface area contributed by atoms with Crippen molar-refractivity contribution >= 4 is 35.0 Å². The van der Waals surface area contributed by atoms with Gasteiger partial charge in [-0.15, -0.1) is 11.8 Å². The van der Waals surface area contributed by atoms with Gasteiger partial charge in [0.2, 0.25) is 5.91 Å². The minimum atomic E-state index is -0.255. The van der Waals surface area contributed by atoms with E-state index in [1.54, 1.807) is 49.8 Å². The molecule has 1 heterocycles. The van der Waals surface area contributed by atoms with Gasteiger partial charge in [0.05, 0.1) is 30.1 Å².